The molecule has 0 aliphatic carbocycles. The average molecular weight is 432 g/mol. The lowest BCUT2D eigenvalue weighted by molar-refractivity contribution is 0.581. The fourth-order valence-electron chi connectivity index (χ4n) is 2.67. The molecule has 6 heteroatoms. The number of halogens is 1. The van der Waals surface area contributed by atoms with Crippen LogP contribution in [-0.4, -0.2) is 15.0 Å². The van der Waals surface area contributed by atoms with Crippen molar-refractivity contribution in [3.8, 4) is 0 Å². The molecule has 3 rings (SSSR count). The molecule has 146 valence electrons. The number of aryl methyl sites for hydroxylation is 2. The summed E-state index contributed by atoms with van der Waals surface area (Å²) in [7, 11) is -3.57. The molecular weight excluding hydrogens is 410 g/mol. The Morgan fingerprint density at radius 1 is 0.857 bits per heavy atom. The van der Waals surface area contributed by atoms with Crippen molar-refractivity contribution in [3.63, 3.8) is 0 Å². The lowest BCUT2D eigenvalue weighted by Gasteiger charge is -2.18. The summed E-state index contributed by atoms with van der Waals surface area (Å²) in [4.78, 5) is 1.31. The monoisotopic (exact) mass is 431 g/mol. The van der Waals surface area contributed by atoms with Gasteiger partial charge >= 0.3 is 0 Å². The van der Waals surface area contributed by atoms with Crippen molar-refractivity contribution in [1.29, 1.82) is 0 Å². The van der Waals surface area contributed by atoms with E-state index >= 15 is 0 Å². The molecule has 1 unspecified atom stereocenters. The number of thioether (sulfide) groups is 1. The van der Waals surface area contributed by atoms with Gasteiger partial charge in [-0.05, 0) is 55.8 Å². The molecule has 0 aromatic heterocycles. The second-order valence-electron chi connectivity index (χ2n) is 6.64. The fraction of sp³-hybridized carbons (Fsp3) is 0.182. The summed E-state index contributed by atoms with van der Waals surface area (Å²) in [6.45, 7) is 4.25. The number of sulfonamides is 1. The average Bonchev–Trinajstić information content (AvgIpc) is 2.68. The highest BCUT2D eigenvalue weighted by Gasteiger charge is 2.19. The van der Waals surface area contributed by atoms with Gasteiger partial charge in [-0.1, -0.05) is 59.1 Å². The summed E-state index contributed by atoms with van der Waals surface area (Å²) in [6, 6.07) is 22.6. The summed E-state index contributed by atoms with van der Waals surface area (Å²) in [5.41, 5.74) is 3.26. The lowest BCUT2D eigenvalue weighted by atomic mass is 10.1. The largest absolute Gasteiger partial charge is 0.240 e. The molecule has 3 nitrogen and oxygen atoms in total. The molecular formula is C22H22ClNO2S2. The van der Waals surface area contributed by atoms with Gasteiger partial charge in [0.15, 0.2) is 0 Å². The predicted octanol–water partition coefficient (Wildman–Crippen LogP) is 5.77. The van der Waals surface area contributed by atoms with Gasteiger partial charge in [0.05, 0.1) is 4.90 Å². The van der Waals surface area contributed by atoms with E-state index in [1.807, 2.05) is 62.4 Å². The second-order valence-corrected chi connectivity index (χ2v) is 10.1. The minimum atomic E-state index is -3.57. The Morgan fingerprint density at radius 3 is 1.96 bits per heavy atom. The minimum absolute atomic E-state index is 0.0676. The minimum Gasteiger partial charge on any atom is -0.210 e. The van der Waals surface area contributed by atoms with Gasteiger partial charge in [-0.25, -0.2) is 13.1 Å². The van der Waals surface area contributed by atoms with Crippen molar-refractivity contribution in [2.75, 3.05) is 6.54 Å². The van der Waals surface area contributed by atoms with E-state index in [-0.39, 0.29) is 16.7 Å². The Labute approximate surface area is 176 Å². The SMILES string of the molecule is Cc1ccc(C(CNS(=O)(=O)c2ccc(C)cc2)Sc2ccc(Cl)cc2)cc1. The molecule has 0 amide bonds. The summed E-state index contributed by atoms with van der Waals surface area (Å²) in [5.74, 6) is 0. The molecule has 0 saturated heterocycles. The van der Waals surface area contributed by atoms with Crippen molar-refractivity contribution in [1.82, 2.24) is 4.72 Å². The van der Waals surface area contributed by atoms with E-state index in [0.717, 1.165) is 16.0 Å². The zero-order valence-corrected chi connectivity index (χ0v) is 18.1. The fourth-order valence-corrected chi connectivity index (χ4v) is 5.03. The van der Waals surface area contributed by atoms with Gasteiger partial charge in [0, 0.05) is 21.7 Å². The Balaban J connectivity index is 1.81. The maximum absolute atomic E-state index is 12.7. The van der Waals surface area contributed by atoms with Crippen molar-refractivity contribution in [2.45, 2.75) is 28.9 Å². The van der Waals surface area contributed by atoms with Crippen LogP contribution in [0.1, 0.15) is 21.9 Å². The van der Waals surface area contributed by atoms with Gasteiger partial charge in [0.25, 0.3) is 0 Å². The van der Waals surface area contributed by atoms with Gasteiger partial charge < -0.3 is 0 Å². The van der Waals surface area contributed by atoms with Crippen LogP contribution in [0.2, 0.25) is 5.02 Å². The Bertz CT molecular complexity index is 1020. The van der Waals surface area contributed by atoms with Gasteiger partial charge in [-0.2, -0.15) is 0 Å². The highest BCUT2D eigenvalue weighted by atomic mass is 35.5. The normalized spacial score (nSPS) is 12.7. The maximum atomic E-state index is 12.7. The van der Waals surface area contributed by atoms with Crippen LogP contribution in [0.4, 0.5) is 0 Å². The van der Waals surface area contributed by atoms with Crippen LogP contribution in [0, 0.1) is 13.8 Å². The first-order valence-corrected chi connectivity index (χ1v) is 11.6. The Morgan fingerprint density at radius 2 is 1.39 bits per heavy atom. The molecule has 3 aromatic carbocycles. The molecule has 0 fully saturated rings. The topological polar surface area (TPSA) is 46.2 Å². The van der Waals surface area contributed by atoms with Crippen LogP contribution in [0.5, 0.6) is 0 Å². The van der Waals surface area contributed by atoms with Gasteiger partial charge in [0.2, 0.25) is 10.0 Å². The molecule has 1 atom stereocenters. The predicted molar refractivity (Wildman–Crippen MR) is 118 cm³/mol. The lowest BCUT2D eigenvalue weighted by Crippen LogP contribution is -2.27. The van der Waals surface area contributed by atoms with Gasteiger partial charge in [-0.3, -0.25) is 0 Å². The number of hydrogen-bond acceptors (Lipinski definition) is 3. The van der Waals surface area contributed by atoms with Crippen molar-refractivity contribution in [3.05, 3.63) is 94.5 Å². The zero-order chi connectivity index (χ0) is 20.1. The first-order chi connectivity index (χ1) is 13.3. The first kappa shape index (κ1) is 20.9. The van der Waals surface area contributed by atoms with E-state index < -0.39 is 10.0 Å². The van der Waals surface area contributed by atoms with E-state index in [1.54, 1.807) is 36.0 Å². The summed E-state index contributed by atoms with van der Waals surface area (Å²) in [5, 5.41) is 0.610. The number of rotatable bonds is 7. The van der Waals surface area contributed by atoms with Gasteiger partial charge in [-0.15, -0.1) is 11.8 Å². The third-order valence-corrected chi connectivity index (χ3v) is 7.29. The molecule has 28 heavy (non-hydrogen) atoms. The highest BCUT2D eigenvalue weighted by molar-refractivity contribution is 7.99. The van der Waals surface area contributed by atoms with E-state index in [9.17, 15) is 8.42 Å². The van der Waals surface area contributed by atoms with Crippen molar-refractivity contribution < 1.29 is 8.42 Å². The molecule has 1 N–H and O–H groups in total. The first-order valence-electron chi connectivity index (χ1n) is 8.88. The quantitative estimate of drug-likeness (QED) is 0.483. The molecule has 0 heterocycles. The van der Waals surface area contributed by atoms with E-state index in [1.165, 1.54) is 5.56 Å². The van der Waals surface area contributed by atoms with E-state index in [2.05, 4.69) is 4.72 Å². The summed E-state index contributed by atoms with van der Waals surface area (Å²) in [6.07, 6.45) is 0. The standard InChI is InChI=1S/C22H22ClNO2S2/c1-16-3-7-18(8-4-16)22(27-20-11-9-19(23)10-12-20)15-24-28(25,26)21-13-5-17(2)6-14-21/h3-14,22,24H,15H2,1-2H3. The molecule has 0 aliphatic heterocycles. The van der Waals surface area contributed by atoms with Crippen molar-refractivity contribution in [2.24, 2.45) is 0 Å². The van der Waals surface area contributed by atoms with Crippen LogP contribution in [0.15, 0.2) is 82.6 Å². The zero-order valence-electron chi connectivity index (χ0n) is 15.7. The molecule has 0 radical (unpaired) electrons. The van der Waals surface area contributed by atoms with E-state index in [0.29, 0.717) is 5.02 Å². The maximum Gasteiger partial charge on any atom is 0.240 e. The smallest absolute Gasteiger partial charge is 0.210 e. The van der Waals surface area contributed by atoms with Gasteiger partial charge in [0.1, 0.15) is 0 Å². The Kier molecular flexibility index (Phi) is 6.83. The Hall–Kier alpha value is -1.79. The van der Waals surface area contributed by atoms with Crippen LogP contribution in [0.3, 0.4) is 0 Å². The third kappa shape index (κ3) is 5.61. The molecule has 3 aromatic rings. The summed E-state index contributed by atoms with van der Waals surface area (Å²) >= 11 is 7.59. The second kappa shape index (κ2) is 9.14. The summed E-state index contributed by atoms with van der Waals surface area (Å²) < 4.78 is 28.2. The van der Waals surface area contributed by atoms with Crippen molar-refractivity contribution >= 4 is 33.4 Å². The molecule has 0 bridgehead atoms. The number of hydrogen-bond donors (Lipinski definition) is 1. The highest BCUT2D eigenvalue weighted by Crippen LogP contribution is 2.35. The van der Waals surface area contributed by atoms with Crippen LogP contribution >= 0.6 is 23.4 Å². The third-order valence-electron chi connectivity index (χ3n) is 4.33. The van der Waals surface area contributed by atoms with Crippen LogP contribution < -0.4 is 4.72 Å². The van der Waals surface area contributed by atoms with Crippen LogP contribution in [0.25, 0.3) is 0 Å². The van der Waals surface area contributed by atoms with Crippen LogP contribution in [-0.2, 0) is 10.0 Å². The molecule has 0 aliphatic rings. The van der Waals surface area contributed by atoms with E-state index in [4.69, 9.17) is 11.6 Å². The molecule has 0 saturated carbocycles. The number of benzene rings is 3. The number of nitrogens with one attached hydrogen (secondary N) is 1. The molecule has 0 spiro atoms.